The van der Waals surface area contributed by atoms with E-state index >= 15 is 0 Å². The summed E-state index contributed by atoms with van der Waals surface area (Å²) in [6.07, 6.45) is 1.98. The topological polar surface area (TPSA) is 55.5 Å². The molecular formula is C12H17NO2. The number of aromatic hydroxyl groups is 1. The second-order valence-electron chi connectivity index (χ2n) is 3.61. The molecule has 0 saturated heterocycles. The fourth-order valence-corrected chi connectivity index (χ4v) is 1.18. The van der Waals surface area contributed by atoms with E-state index in [0.29, 0.717) is 5.75 Å². The second kappa shape index (κ2) is 4.84. The molecule has 0 aliphatic rings. The number of hydrogen-bond donors (Lipinski definition) is 2. The van der Waals surface area contributed by atoms with Crippen LogP contribution in [0.4, 0.5) is 0 Å². The molecule has 0 saturated carbocycles. The number of rotatable bonds is 3. The Morgan fingerprint density at radius 3 is 2.73 bits per heavy atom. The highest BCUT2D eigenvalue weighted by Gasteiger charge is 2.02. The predicted molar refractivity (Wildman–Crippen MR) is 62.0 cm³/mol. The standard InChI is InChI=1S/C12H17NO2/c1-8(9(2)13)6-10-4-5-11(14)12(7-10)15-3/h4-7,9,14H,13H2,1-3H3/b8-6-. The molecule has 3 nitrogen and oxygen atoms in total. The number of hydrogen-bond acceptors (Lipinski definition) is 3. The minimum absolute atomic E-state index is 0.0322. The summed E-state index contributed by atoms with van der Waals surface area (Å²) in [6.45, 7) is 3.91. The fraction of sp³-hybridized carbons (Fsp3) is 0.333. The smallest absolute Gasteiger partial charge is 0.161 e. The van der Waals surface area contributed by atoms with E-state index in [0.717, 1.165) is 11.1 Å². The fourth-order valence-electron chi connectivity index (χ4n) is 1.18. The molecular weight excluding hydrogens is 190 g/mol. The van der Waals surface area contributed by atoms with Gasteiger partial charge < -0.3 is 15.6 Å². The van der Waals surface area contributed by atoms with Crippen molar-refractivity contribution in [1.29, 1.82) is 0 Å². The zero-order valence-corrected chi connectivity index (χ0v) is 9.32. The van der Waals surface area contributed by atoms with Gasteiger partial charge in [0.1, 0.15) is 0 Å². The molecule has 0 fully saturated rings. The van der Waals surface area contributed by atoms with Crippen molar-refractivity contribution in [1.82, 2.24) is 0 Å². The van der Waals surface area contributed by atoms with Gasteiger partial charge in [0.2, 0.25) is 0 Å². The molecule has 0 heterocycles. The summed E-state index contributed by atoms with van der Waals surface area (Å²) >= 11 is 0. The quantitative estimate of drug-likeness (QED) is 0.798. The molecule has 3 heteroatoms. The van der Waals surface area contributed by atoms with Crippen LogP contribution in [0.2, 0.25) is 0 Å². The zero-order valence-electron chi connectivity index (χ0n) is 9.32. The molecule has 0 bridgehead atoms. The van der Waals surface area contributed by atoms with Crippen LogP contribution in [0.1, 0.15) is 19.4 Å². The first-order valence-electron chi connectivity index (χ1n) is 4.85. The highest BCUT2D eigenvalue weighted by atomic mass is 16.5. The van der Waals surface area contributed by atoms with Gasteiger partial charge in [0, 0.05) is 6.04 Å². The Hall–Kier alpha value is -1.48. The summed E-state index contributed by atoms with van der Waals surface area (Å²) < 4.78 is 5.02. The van der Waals surface area contributed by atoms with Crippen molar-refractivity contribution in [2.75, 3.05) is 7.11 Å². The first-order valence-corrected chi connectivity index (χ1v) is 4.85. The van der Waals surface area contributed by atoms with Crippen LogP contribution < -0.4 is 10.5 Å². The number of nitrogens with two attached hydrogens (primary N) is 1. The van der Waals surface area contributed by atoms with E-state index in [1.807, 2.05) is 26.0 Å². The molecule has 3 N–H and O–H groups in total. The zero-order chi connectivity index (χ0) is 11.4. The van der Waals surface area contributed by atoms with Crippen molar-refractivity contribution < 1.29 is 9.84 Å². The lowest BCUT2D eigenvalue weighted by Crippen LogP contribution is -2.15. The van der Waals surface area contributed by atoms with Gasteiger partial charge in [-0.25, -0.2) is 0 Å². The Kier molecular flexibility index (Phi) is 3.74. The minimum Gasteiger partial charge on any atom is -0.504 e. The monoisotopic (exact) mass is 207 g/mol. The average Bonchev–Trinajstić information content (AvgIpc) is 2.20. The Labute approximate surface area is 90.2 Å². The molecule has 82 valence electrons. The molecule has 1 aromatic rings. The van der Waals surface area contributed by atoms with E-state index in [-0.39, 0.29) is 11.8 Å². The molecule has 1 aromatic carbocycles. The summed E-state index contributed by atoms with van der Waals surface area (Å²) in [4.78, 5) is 0. The summed E-state index contributed by atoms with van der Waals surface area (Å²) in [5, 5.41) is 9.41. The Morgan fingerprint density at radius 1 is 1.53 bits per heavy atom. The van der Waals surface area contributed by atoms with Crippen LogP contribution in [0.25, 0.3) is 6.08 Å². The van der Waals surface area contributed by atoms with Crippen LogP contribution in [0.15, 0.2) is 23.8 Å². The molecule has 0 aliphatic carbocycles. The number of ether oxygens (including phenoxy) is 1. The third kappa shape index (κ3) is 2.99. The molecule has 0 amide bonds. The summed E-state index contributed by atoms with van der Waals surface area (Å²) in [5.74, 6) is 0.620. The first kappa shape index (κ1) is 11.6. The molecule has 0 radical (unpaired) electrons. The van der Waals surface area contributed by atoms with Crippen LogP contribution in [-0.2, 0) is 0 Å². The van der Waals surface area contributed by atoms with E-state index in [9.17, 15) is 5.11 Å². The summed E-state index contributed by atoms with van der Waals surface area (Å²) in [7, 11) is 1.53. The minimum atomic E-state index is 0.0322. The molecule has 1 unspecified atom stereocenters. The molecule has 0 aliphatic heterocycles. The maximum absolute atomic E-state index is 9.41. The lowest BCUT2D eigenvalue weighted by atomic mass is 10.1. The van der Waals surface area contributed by atoms with Crippen LogP contribution in [-0.4, -0.2) is 18.3 Å². The lowest BCUT2D eigenvalue weighted by Gasteiger charge is -2.07. The SMILES string of the molecule is COc1cc(/C=C(/C)C(C)N)ccc1O. The van der Waals surface area contributed by atoms with E-state index in [1.165, 1.54) is 7.11 Å². The van der Waals surface area contributed by atoms with E-state index in [1.54, 1.807) is 12.1 Å². The maximum atomic E-state index is 9.41. The van der Waals surface area contributed by atoms with Crippen LogP contribution in [0.5, 0.6) is 11.5 Å². The second-order valence-corrected chi connectivity index (χ2v) is 3.61. The van der Waals surface area contributed by atoms with Crippen molar-refractivity contribution in [3.63, 3.8) is 0 Å². The van der Waals surface area contributed by atoms with Gasteiger partial charge in [0.15, 0.2) is 11.5 Å². The Bertz CT molecular complexity index is 370. The van der Waals surface area contributed by atoms with Crippen molar-refractivity contribution >= 4 is 6.08 Å². The first-order chi connectivity index (χ1) is 7.04. The van der Waals surface area contributed by atoms with Gasteiger partial charge >= 0.3 is 0 Å². The lowest BCUT2D eigenvalue weighted by molar-refractivity contribution is 0.373. The Morgan fingerprint density at radius 2 is 2.20 bits per heavy atom. The van der Waals surface area contributed by atoms with E-state index in [2.05, 4.69) is 0 Å². The van der Waals surface area contributed by atoms with Crippen molar-refractivity contribution in [2.24, 2.45) is 5.73 Å². The van der Waals surface area contributed by atoms with Gasteiger partial charge in [-0.1, -0.05) is 17.7 Å². The molecule has 1 rings (SSSR count). The van der Waals surface area contributed by atoms with Crippen molar-refractivity contribution in [2.45, 2.75) is 19.9 Å². The van der Waals surface area contributed by atoms with Gasteiger partial charge in [0.05, 0.1) is 7.11 Å². The largest absolute Gasteiger partial charge is 0.504 e. The van der Waals surface area contributed by atoms with Crippen molar-refractivity contribution in [3.8, 4) is 11.5 Å². The number of benzene rings is 1. The van der Waals surface area contributed by atoms with E-state index in [4.69, 9.17) is 10.5 Å². The van der Waals surface area contributed by atoms with Gasteiger partial charge in [-0.3, -0.25) is 0 Å². The normalized spacial score (nSPS) is 13.7. The summed E-state index contributed by atoms with van der Waals surface area (Å²) in [5.41, 5.74) is 7.79. The third-order valence-electron chi connectivity index (χ3n) is 2.32. The van der Waals surface area contributed by atoms with Crippen LogP contribution in [0, 0.1) is 0 Å². The van der Waals surface area contributed by atoms with Gasteiger partial charge in [-0.2, -0.15) is 0 Å². The average molecular weight is 207 g/mol. The van der Waals surface area contributed by atoms with Gasteiger partial charge in [0.25, 0.3) is 0 Å². The van der Waals surface area contributed by atoms with E-state index < -0.39 is 0 Å². The van der Waals surface area contributed by atoms with Crippen LogP contribution >= 0.6 is 0 Å². The highest BCUT2D eigenvalue weighted by Crippen LogP contribution is 2.27. The molecule has 0 spiro atoms. The van der Waals surface area contributed by atoms with Crippen molar-refractivity contribution in [3.05, 3.63) is 29.3 Å². The molecule has 15 heavy (non-hydrogen) atoms. The predicted octanol–water partition coefficient (Wildman–Crippen LogP) is 2.15. The van der Waals surface area contributed by atoms with Gasteiger partial charge in [-0.05, 0) is 31.5 Å². The molecule has 0 aromatic heterocycles. The number of methoxy groups -OCH3 is 1. The van der Waals surface area contributed by atoms with Crippen LogP contribution in [0.3, 0.4) is 0 Å². The Balaban J connectivity index is 3.02. The molecule has 1 atom stereocenters. The number of phenols is 1. The highest BCUT2D eigenvalue weighted by molar-refractivity contribution is 5.58. The maximum Gasteiger partial charge on any atom is 0.161 e. The number of phenolic OH excluding ortho intramolecular Hbond substituents is 1. The summed E-state index contributed by atoms with van der Waals surface area (Å²) in [6, 6.07) is 5.24. The van der Waals surface area contributed by atoms with Gasteiger partial charge in [-0.15, -0.1) is 0 Å². The third-order valence-corrected chi connectivity index (χ3v) is 2.32.